The molecule has 2 aromatic carbocycles. The van der Waals surface area contributed by atoms with E-state index in [0.29, 0.717) is 16.1 Å². The second kappa shape index (κ2) is 9.31. The van der Waals surface area contributed by atoms with Gasteiger partial charge < -0.3 is 14.2 Å². The third kappa shape index (κ3) is 5.19. The van der Waals surface area contributed by atoms with Crippen LogP contribution in [0.15, 0.2) is 58.2 Å². The molecule has 0 amide bonds. The van der Waals surface area contributed by atoms with Gasteiger partial charge >= 0.3 is 0 Å². The molecule has 0 aliphatic rings. The third-order valence-electron chi connectivity index (χ3n) is 4.07. The number of benzene rings is 2. The molecule has 0 radical (unpaired) electrons. The quantitative estimate of drug-likeness (QED) is 0.506. The van der Waals surface area contributed by atoms with Crippen molar-refractivity contribution in [1.29, 1.82) is 0 Å². The highest BCUT2D eigenvalue weighted by Gasteiger charge is 2.19. The summed E-state index contributed by atoms with van der Waals surface area (Å²) in [6, 6.07) is 11.9. The number of hydrogen-bond acceptors (Lipinski definition) is 7. The molecule has 0 atom stereocenters. The van der Waals surface area contributed by atoms with E-state index in [1.165, 1.54) is 12.3 Å². The van der Waals surface area contributed by atoms with Gasteiger partial charge in [0.05, 0.1) is 25.3 Å². The van der Waals surface area contributed by atoms with E-state index in [0.717, 1.165) is 11.1 Å². The van der Waals surface area contributed by atoms with Gasteiger partial charge in [0.15, 0.2) is 11.5 Å². The SMILES string of the molecule is COc1ccc(COc2nc(Br)cnc2NS(=O)(=O)c2cccc(C)c2)cc1OC. The molecule has 1 aromatic heterocycles. The van der Waals surface area contributed by atoms with Crippen LogP contribution in [0, 0.1) is 6.92 Å². The van der Waals surface area contributed by atoms with E-state index in [-0.39, 0.29) is 23.2 Å². The molecule has 3 rings (SSSR count). The molecule has 8 nitrogen and oxygen atoms in total. The van der Waals surface area contributed by atoms with Gasteiger partial charge in [-0.05, 0) is 58.2 Å². The summed E-state index contributed by atoms with van der Waals surface area (Å²) in [6.45, 7) is 1.93. The van der Waals surface area contributed by atoms with Gasteiger partial charge in [0.2, 0.25) is 5.82 Å². The zero-order valence-corrected chi connectivity index (χ0v) is 19.0. The fourth-order valence-electron chi connectivity index (χ4n) is 2.61. The molecule has 1 N–H and O–H groups in total. The average Bonchev–Trinajstić information content (AvgIpc) is 2.73. The largest absolute Gasteiger partial charge is 0.493 e. The lowest BCUT2D eigenvalue weighted by Gasteiger charge is -2.13. The highest BCUT2D eigenvalue weighted by atomic mass is 79.9. The summed E-state index contributed by atoms with van der Waals surface area (Å²) in [4.78, 5) is 8.45. The maximum Gasteiger partial charge on any atom is 0.263 e. The minimum absolute atomic E-state index is 0.0137. The number of hydrogen-bond donors (Lipinski definition) is 1. The molecule has 158 valence electrons. The first-order chi connectivity index (χ1) is 14.3. The Hall–Kier alpha value is -2.85. The van der Waals surface area contributed by atoms with E-state index in [4.69, 9.17) is 14.2 Å². The molecule has 10 heteroatoms. The molecule has 0 spiro atoms. The zero-order chi connectivity index (χ0) is 21.7. The summed E-state index contributed by atoms with van der Waals surface area (Å²) in [7, 11) is -0.763. The predicted octanol–water partition coefficient (Wildman–Crippen LogP) is 3.94. The Kier molecular flexibility index (Phi) is 6.78. The van der Waals surface area contributed by atoms with Crippen molar-refractivity contribution in [3.05, 3.63) is 64.4 Å². The average molecular weight is 494 g/mol. The molecule has 0 saturated carbocycles. The molecule has 1 heterocycles. The Morgan fingerprint density at radius 2 is 1.83 bits per heavy atom. The molecular formula is C20H20BrN3O5S. The summed E-state index contributed by atoms with van der Waals surface area (Å²) in [5.74, 6) is 1.17. The van der Waals surface area contributed by atoms with Crippen LogP contribution in [0.1, 0.15) is 11.1 Å². The second-order valence-electron chi connectivity index (χ2n) is 6.25. The van der Waals surface area contributed by atoms with Crippen molar-refractivity contribution in [2.75, 3.05) is 18.9 Å². The zero-order valence-electron chi connectivity index (χ0n) is 16.5. The lowest BCUT2D eigenvalue weighted by Crippen LogP contribution is -2.15. The topological polar surface area (TPSA) is 99.6 Å². The minimum Gasteiger partial charge on any atom is -0.493 e. The Morgan fingerprint density at radius 3 is 2.53 bits per heavy atom. The molecule has 0 bridgehead atoms. The summed E-state index contributed by atoms with van der Waals surface area (Å²) in [5, 5.41) is 0. The Bertz CT molecular complexity index is 1150. The van der Waals surface area contributed by atoms with Gasteiger partial charge in [0, 0.05) is 0 Å². The van der Waals surface area contributed by atoms with Crippen LogP contribution in [-0.2, 0) is 16.6 Å². The standard InChI is InChI=1S/C20H20BrN3O5S/c1-13-5-4-6-15(9-13)30(25,26)24-19-20(23-18(21)11-22-19)29-12-14-7-8-16(27-2)17(10-14)28-3/h4-11H,12H2,1-3H3,(H,22,24). The van der Waals surface area contributed by atoms with Crippen molar-refractivity contribution in [1.82, 2.24) is 9.97 Å². The van der Waals surface area contributed by atoms with Crippen molar-refractivity contribution >= 4 is 31.8 Å². The van der Waals surface area contributed by atoms with Crippen LogP contribution in [0.5, 0.6) is 17.4 Å². The number of rotatable bonds is 8. The molecule has 0 aliphatic carbocycles. The van der Waals surface area contributed by atoms with Gasteiger partial charge in [-0.25, -0.2) is 18.4 Å². The van der Waals surface area contributed by atoms with E-state index < -0.39 is 10.0 Å². The first-order valence-corrected chi connectivity index (χ1v) is 11.1. The number of halogens is 1. The van der Waals surface area contributed by atoms with Gasteiger partial charge in [0.25, 0.3) is 15.9 Å². The van der Waals surface area contributed by atoms with Crippen molar-refractivity contribution in [3.8, 4) is 17.4 Å². The Morgan fingerprint density at radius 1 is 1.07 bits per heavy atom. The molecule has 0 saturated heterocycles. The maximum absolute atomic E-state index is 12.7. The number of nitrogens with zero attached hydrogens (tertiary/aromatic N) is 2. The van der Waals surface area contributed by atoms with Crippen LogP contribution < -0.4 is 18.9 Å². The van der Waals surface area contributed by atoms with Crippen LogP contribution in [0.4, 0.5) is 5.82 Å². The van der Waals surface area contributed by atoms with E-state index in [1.54, 1.807) is 38.5 Å². The smallest absolute Gasteiger partial charge is 0.263 e. The van der Waals surface area contributed by atoms with Crippen molar-refractivity contribution < 1.29 is 22.6 Å². The maximum atomic E-state index is 12.7. The van der Waals surface area contributed by atoms with E-state index in [2.05, 4.69) is 30.6 Å². The second-order valence-corrected chi connectivity index (χ2v) is 8.74. The van der Waals surface area contributed by atoms with Gasteiger partial charge in [-0.3, -0.25) is 4.72 Å². The number of ether oxygens (including phenoxy) is 3. The summed E-state index contributed by atoms with van der Waals surface area (Å²) in [6.07, 6.45) is 1.39. The monoisotopic (exact) mass is 493 g/mol. The minimum atomic E-state index is -3.86. The first kappa shape index (κ1) is 21.8. The number of aryl methyl sites for hydroxylation is 1. The molecular weight excluding hydrogens is 474 g/mol. The van der Waals surface area contributed by atoms with Gasteiger partial charge in [0.1, 0.15) is 11.2 Å². The molecule has 30 heavy (non-hydrogen) atoms. The van der Waals surface area contributed by atoms with E-state index >= 15 is 0 Å². The third-order valence-corrected chi connectivity index (χ3v) is 5.78. The molecule has 0 unspecified atom stereocenters. The number of nitrogens with one attached hydrogen (secondary N) is 1. The number of aromatic nitrogens is 2. The Balaban J connectivity index is 1.84. The van der Waals surface area contributed by atoms with Crippen LogP contribution in [0.25, 0.3) is 0 Å². The number of methoxy groups -OCH3 is 2. The highest BCUT2D eigenvalue weighted by Crippen LogP contribution is 2.29. The van der Waals surface area contributed by atoms with Crippen LogP contribution in [0.2, 0.25) is 0 Å². The lowest BCUT2D eigenvalue weighted by atomic mass is 10.2. The first-order valence-electron chi connectivity index (χ1n) is 8.78. The van der Waals surface area contributed by atoms with Crippen LogP contribution in [-0.4, -0.2) is 32.6 Å². The summed E-state index contributed by atoms with van der Waals surface area (Å²) in [5.41, 5.74) is 1.60. The van der Waals surface area contributed by atoms with E-state index in [1.807, 2.05) is 19.1 Å². The van der Waals surface area contributed by atoms with Gasteiger partial charge in [-0.15, -0.1) is 0 Å². The highest BCUT2D eigenvalue weighted by molar-refractivity contribution is 9.10. The van der Waals surface area contributed by atoms with Crippen LogP contribution >= 0.6 is 15.9 Å². The van der Waals surface area contributed by atoms with Crippen LogP contribution in [0.3, 0.4) is 0 Å². The normalized spacial score (nSPS) is 11.1. The number of anilines is 1. The van der Waals surface area contributed by atoms with E-state index in [9.17, 15) is 8.42 Å². The van der Waals surface area contributed by atoms with Crippen molar-refractivity contribution in [2.24, 2.45) is 0 Å². The fraction of sp³-hybridized carbons (Fsp3) is 0.200. The van der Waals surface area contributed by atoms with Gasteiger partial charge in [-0.1, -0.05) is 18.2 Å². The number of sulfonamides is 1. The van der Waals surface area contributed by atoms with Crippen molar-refractivity contribution in [2.45, 2.75) is 18.4 Å². The molecule has 3 aromatic rings. The predicted molar refractivity (Wildman–Crippen MR) is 116 cm³/mol. The fourth-order valence-corrected chi connectivity index (χ4v) is 3.99. The Labute approximate surface area is 183 Å². The summed E-state index contributed by atoms with van der Waals surface area (Å²) >= 11 is 3.23. The van der Waals surface area contributed by atoms with Gasteiger partial charge in [-0.2, -0.15) is 0 Å². The summed E-state index contributed by atoms with van der Waals surface area (Å²) < 4.78 is 44.6. The molecule has 0 aliphatic heterocycles. The molecule has 0 fully saturated rings. The van der Waals surface area contributed by atoms with Crippen molar-refractivity contribution in [3.63, 3.8) is 0 Å². The lowest BCUT2D eigenvalue weighted by molar-refractivity contribution is 0.292.